The number of rotatable bonds is 6. The average Bonchev–Trinajstić information content (AvgIpc) is 2.62. The molecule has 2 rings (SSSR count). The number of nitrogens with zero attached hydrogens (tertiary/aromatic N) is 1. The minimum absolute atomic E-state index is 0.240. The second-order valence-corrected chi connectivity index (χ2v) is 5.15. The van der Waals surface area contributed by atoms with Crippen molar-refractivity contribution in [1.82, 2.24) is 0 Å². The summed E-state index contributed by atoms with van der Waals surface area (Å²) in [5.74, 6) is 1.03. The maximum atomic E-state index is 12.3. The van der Waals surface area contributed by atoms with Gasteiger partial charge in [0.2, 0.25) is 0 Å². The second-order valence-electron chi connectivity index (χ2n) is 5.15. The van der Waals surface area contributed by atoms with E-state index in [1.54, 1.807) is 24.3 Å². The van der Waals surface area contributed by atoms with Gasteiger partial charge in [0.1, 0.15) is 0 Å². The lowest BCUT2D eigenvalue weighted by atomic mass is 10.1. The van der Waals surface area contributed by atoms with Gasteiger partial charge in [-0.15, -0.1) is 0 Å². The van der Waals surface area contributed by atoms with E-state index < -0.39 is 6.03 Å². The van der Waals surface area contributed by atoms with Gasteiger partial charge in [0.15, 0.2) is 23.0 Å². The summed E-state index contributed by atoms with van der Waals surface area (Å²) in [5.41, 5.74) is 18.8. The average molecular weight is 362 g/mol. The summed E-state index contributed by atoms with van der Waals surface area (Å²) in [6.07, 6.45) is 0. The molecule has 0 bridgehead atoms. The first-order valence-corrected chi connectivity index (χ1v) is 7.51. The van der Waals surface area contributed by atoms with Crippen molar-refractivity contribution in [2.45, 2.75) is 0 Å². The highest BCUT2D eigenvalue weighted by Gasteiger charge is 2.27. The highest BCUT2D eigenvalue weighted by molar-refractivity contribution is 6.03. The molecule has 0 aliphatic heterocycles. The van der Waals surface area contributed by atoms with Crippen LogP contribution in [0.25, 0.3) is 0 Å². The number of nitrogen functional groups attached to an aromatic ring is 2. The molecule has 0 heterocycles. The van der Waals surface area contributed by atoms with Gasteiger partial charge < -0.3 is 36.1 Å². The lowest BCUT2D eigenvalue weighted by molar-refractivity contribution is 0.255. The Morgan fingerprint density at radius 1 is 0.731 bits per heavy atom. The van der Waals surface area contributed by atoms with Crippen LogP contribution in [0.15, 0.2) is 24.3 Å². The highest BCUT2D eigenvalue weighted by atomic mass is 16.5. The van der Waals surface area contributed by atoms with E-state index in [4.69, 9.17) is 36.1 Å². The molecule has 9 nitrogen and oxygen atoms in total. The summed E-state index contributed by atoms with van der Waals surface area (Å²) < 4.78 is 21.4. The molecule has 0 spiro atoms. The fourth-order valence-electron chi connectivity index (χ4n) is 2.67. The SMILES string of the molecule is COc1c(N)ccc(N(C(N)=O)c2ccc(N)c(OC)c2OC)c1OC. The van der Waals surface area contributed by atoms with Gasteiger partial charge in [0.05, 0.1) is 51.2 Å². The van der Waals surface area contributed by atoms with E-state index in [1.807, 2.05) is 0 Å². The minimum Gasteiger partial charge on any atom is -0.491 e. The number of nitrogens with two attached hydrogens (primary N) is 3. The Morgan fingerprint density at radius 3 is 1.35 bits per heavy atom. The van der Waals surface area contributed by atoms with Crippen LogP contribution < -0.4 is 41.0 Å². The Balaban J connectivity index is 2.80. The summed E-state index contributed by atoms with van der Waals surface area (Å²) in [7, 11) is 5.75. The molecule has 0 aliphatic rings. The molecule has 0 unspecified atom stereocenters. The first-order chi connectivity index (χ1) is 12.4. The van der Waals surface area contributed by atoms with Gasteiger partial charge in [-0.3, -0.25) is 4.90 Å². The summed E-state index contributed by atoms with van der Waals surface area (Å²) in [6.45, 7) is 0. The topological polar surface area (TPSA) is 135 Å². The molecule has 2 amide bonds. The predicted molar refractivity (Wildman–Crippen MR) is 99.6 cm³/mol. The van der Waals surface area contributed by atoms with Gasteiger partial charge in [0, 0.05) is 0 Å². The number of anilines is 4. The van der Waals surface area contributed by atoms with Crippen LogP contribution in [0.1, 0.15) is 0 Å². The van der Waals surface area contributed by atoms with Crippen LogP contribution in [0.4, 0.5) is 27.5 Å². The maximum Gasteiger partial charge on any atom is 0.324 e. The molecular formula is C17H22N4O5. The summed E-state index contributed by atoms with van der Waals surface area (Å²) >= 11 is 0. The molecule has 9 heteroatoms. The van der Waals surface area contributed by atoms with Gasteiger partial charge in [0.25, 0.3) is 0 Å². The van der Waals surface area contributed by atoms with Crippen LogP contribution in [0.3, 0.4) is 0 Å². The van der Waals surface area contributed by atoms with E-state index in [2.05, 4.69) is 0 Å². The van der Waals surface area contributed by atoms with Gasteiger partial charge in [-0.1, -0.05) is 0 Å². The molecule has 0 radical (unpaired) electrons. The van der Waals surface area contributed by atoms with Crippen molar-refractivity contribution in [3.05, 3.63) is 24.3 Å². The second kappa shape index (κ2) is 7.60. The Morgan fingerprint density at radius 2 is 1.08 bits per heavy atom. The number of methoxy groups -OCH3 is 4. The number of primary amides is 1. The van der Waals surface area contributed by atoms with Crippen LogP contribution in [0, 0.1) is 0 Å². The highest BCUT2D eigenvalue weighted by Crippen LogP contribution is 2.48. The Kier molecular flexibility index (Phi) is 5.51. The monoisotopic (exact) mass is 362 g/mol. The number of amides is 2. The molecule has 0 saturated heterocycles. The molecule has 0 atom stereocenters. The van der Waals surface area contributed by atoms with E-state index in [1.165, 1.54) is 33.3 Å². The lowest BCUT2D eigenvalue weighted by Gasteiger charge is -2.26. The van der Waals surface area contributed by atoms with E-state index in [0.717, 1.165) is 0 Å². The Hall–Kier alpha value is -3.49. The smallest absolute Gasteiger partial charge is 0.324 e. The van der Waals surface area contributed by atoms with E-state index in [-0.39, 0.29) is 23.0 Å². The third kappa shape index (κ3) is 3.06. The molecule has 140 valence electrons. The number of hydrogen-bond acceptors (Lipinski definition) is 7. The minimum atomic E-state index is -0.778. The summed E-state index contributed by atoms with van der Waals surface area (Å²) in [4.78, 5) is 13.5. The van der Waals surface area contributed by atoms with Gasteiger partial charge in [-0.05, 0) is 24.3 Å². The number of carbonyl (C=O) groups excluding carboxylic acids is 1. The zero-order valence-electron chi connectivity index (χ0n) is 15.0. The van der Waals surface area contributed by atoms with Gasteiger partial charge in [-0.2, -0.15) is 0 Å². The van der Waals surface area contributed by atoms with Gasteiger partial charge in [-0.25, -0.2) is 4.79 Å². The molecule has 0 fully saturated rings. The lowest BCUT2D eigenvalue weighted by Crippen LogP contribution is -2.32. The van der Waals surface area contributed by atoms with E-state index in [9.17, 15) is 4.79 Å². The number of hydrogen-bond donors (Lipinski definition) is 3. The van der Waals surface area contributed by atoms with Crippen LogP contribution in [0.2, 0.25) is 0 Å². The fraction of sp³-hybridized carbons (Fsp3) is 0.235. The first kappa shape index (κ1) is 18.8. The van der Waals surface area contributed by atoms with Crippen molar-refractivity contribution >= 4 is 28.8 Å². The normalized spacial score (nSPS) is 10.2. The van der Waals surface area contributed by atoms with Crippen LogP contribution in [-0.4, -0.2) is 34.5 Å². The van der Waals surface area contributed by atoms with Crippen LogP contribution >= 0.6 is 0 Å². The van der Waals surface area contributed by atoms with E-state index in [0.29, 0.717) is 22.7 Å². The van der Waals surface area contributed by atoms with Crippen molar-refractivity contribution in [2.75, 3.05) is 44.8 Å². The zero-order chi connectivity index (χ0) is 19.4. The standard InChI is InChI=1S/C17H22N4O5/c1-23-13-9(18)5-7-11(15(13)25-3)21(17(20)22)12-8-6-10(19)14(24-2)16(12)26-4/h5-8H,18-19H2,1-4H3,(H2,20,22). The maximum absolute atomic E-state index is 12.3. The summed E-state index contributed by atoms with van der Waals surface area (Å²) in [6, 6.07) is 5.55. The van der Waals surface area contributed by atoms with Crippen molar-refractivity contribution in [1.29, 1.82) is 0 Å². The largest absolute Gasteiger partial charge is 0.491 e. The number of ether oxygens (including phenoxy) is 4. The summed E-state index contributed by atoms with van der Waals surface area (Å²) in [5, 5.41) is 0. The molecule has 0 aliphatic carbocycles. The molecule has 26 heavy (non-hydrogen) atoms. The van der Waals surface area contributed by atoms with Crippen molar-refractivity contribution in [3.8, 4) is 23.0 Å². The van der Waals surface area contributed by atoms with Crippen molar-refractivity contribution < 1.29 is 23.7 Å². The van der Waals surface area contributed by atoms with E-state index >= 15 is 0 Å². The van der Waals surface area contributed by atoms with Crippen LogP contribution in [-0.2, 0) is 0 Å². The van der Waals surface area contributed by atoms with Crippen LogP contribution in [0.5, 0.6) is 23.0 Å². The predicted octanol–water partition coefficient (Wildman–Crippen LogP) is 2.10. The van der Waals surface area contributed by atoms with Crippen molar-refractivity contribution in [2.24, 2.45) is 5.73 Å². The Bertz CT molecular complexity index is 764. The molecular weight excluding hydrogens is 340 g/mol. The molecule has 2 aromatic rings. The molecule has 0 aromatic heterocycles. The molecule has 2 aromatic carbocycles. The first-order valence-electron chi connectivity index (χ1n) is 7.51. The molecule has 0 saturated carbocycles. The third-order valence-electron chi connectivity index (χ3n) is 3.76. The van der Waals surface area contributed by atoms with Gasteiger partial charge >= 0.3 is 6.03 Å². The number of carbonyl (C=O) groups is 1. The number of urea groups is 1. The van der Waals surface area contributed by atoms with Crippen molar-refractivity contribution in [3.63, 3.8) is 0 Å². The quantitative estimate of drug-likeness (QED) is 0.670. The fourth-order valence-corrected chi connectivity index (χ4v) is 2.67. The zero-order valence-corrected chi connectivity index (χ0v) is 15.0. The third-order valence-corrected chi connectivity index (χ3v) is 3.76. The number of benzene rings is 2. The Labute approximate surface area is 151 Å². The molecule has 6 N–H and O–H groups in total.